The van der Waals surface area contributed by atoms with Crippen molar-refractivity contribution in [1.29, 1.82) is 0 Å². The highest BCUT2D eigenvalue weighted by Crippen LogP contribution is 2.23. The van der Waals surface area contributed by atoms with Crippen LogP contribution in [0.2, 0.25) is 0 Å². The van der Waals surface area contributed by atoms with Gasteiger partial charge < -0.3 is 10.3 Å². The van der Waals surface area contributed by atoms with Crippen LogP contribution in [0, 0.1) is 6.92 Å². The lowest BCUT2D eigenvalue weighted by atomic mass is 10.2. The summed E-state index contributed by atoms with van der Waals surface area (Å²) >= 11 is 4.92. The molecule has 2 rings (SSSR count). The lowest BCUT2D eigenvalue weighted by molar-refractivity contribution is 0.102. The average molecular weight is 368 g/mol. The van der Waals surface area contributed by atoms with E-state index in [1.54, 1.807) is 6.07 Å². The molecule has 0 atom stereocenters. The molecule has 0 fully saturated rings. The number of aromatic amines is 1. The van der Waals surface area contributed by atoms with Gasteiger partial charge in [0.2, 0.25) is 0 Å². The standard InChI is InChI=1S/C14H14BrN3O2S/c1-8-3-4-10(9(15)5-8)17-14(20)11-6-13(19)18-12(16-11)7-21-2/h3-6H,7H2,1-2H3,(H,17,20)(H,16,18,19). The van der Waals surface area contributed by atoms with E-state index in [1.807, 2.05) is 25.3 Å². The van der Waals surface area contributed by atoms with E-state index in [-0.39, 0.29) is 11.3 Å². The molecule has 0 aliphatic heterocycles. The summed E-state index contributed by atoms with van der Waals surface area (Å²) in [5.74, 6) is 0.626. The average Bonchev–Trinajstić information content (AvgIpc) is 2.41. The molecular formula is C14H14BrN3O2S. The van der Waals surface area contributed by atoms with Crippen molar-refractivity contribution in [2.75, 3.05) is 11.6 Å². The van der Waals surface area contributed by atoms with E-state index in [9.17, 15) is 9.59 Å². The Morgan fingerprint density at radius 3 is 2.86 bits per heavy atom. The molecule has 21 heavy (non-hydrogen) atoms. The van der Waals surface area contributed by atoms with Crippen LogP contribution in [0.4, 0.5) is 5.69 Å². The number of carbonyl (C=O) groups is 1. The van der Waals surface area contributed by atoms with Gasteiger partial charge in [-0.3, -0.25) is 9.59 Å². The summed E-state index contributed by atoms with van der Waals surface area (Å²) in [4.78, 5) is 30.5. The summed E-state index contributed by atoms with van der Waals surface area (Å²) in [6.07, 6.45) is 1.90. The van der Waals surface area contributed by atoms with Gasteiger partial charge in [0.05, 0.1) is 11.4 Å². The molecule has 0 aliphatic rings. The van der Waals surface area contributed by atoms with Gasteiger partial charge in [-0.1, -0.05) is 6.07 Å². The monoisotopic (exact) mass is 367 g/mol. The molecule has 1 aromatic carbocycles. The number of hydrogen-bond acceptors (Lipinski definition) is 4. The van der Waals surface area contributed by atoms with Crippen molar-refractivity contribution >= 4 is 39.3 Å². The highest BCUT2D eigenvalue weighted by molar-refractivity contribution is 9.10. The fourth-order valence-corrected chi connectivity index (χ4v) is 2.74. The molecule has 0 radical (unpaired) electrons. The zero-order valence-electron chi connectivity index (χ0n) is 11.6. The maximum atomic E-state index is 12.2. The third kappa shape index (κ3) is 4.18. The summed E-state index contributed by atoms with van der Waals surface area (Å²) in [6, 6.07) is 6.79. The highest BCUT2D eigenvalue weighted by atomic mass is 79.9. The van der Waals surface area contributed by atoms with E-state index in [0.29, 0.717) is 17.3 Å². The first-order valence-electron chi connectivity index (χ1n) is 6.16. The van der Waals surface area contributed by atoms with E-state index in [1.165, 1.54) is 17.8 Å². The van der Waals surface area contributed by atoms with Crippen LogP contribution in [0.25, 0.3) is 0 Å². The van der Waals surface area contributed by atoms with Crippen molar-refractivity contribution in [2.24, 2.45) is 0 Å². The van der Waals surface area contributed by atoms with Gasteiger partial charge in [0.1, 0.15) is 11.5 Å². The lowest BCUT2D eigenvalue weighted by Gasteiger charge is -2.08. The molecule has 5 nitrogen and oxygen atoms in total. The molecule has 1 amide bonds. The summed E-state index contributed by atoms with van der Waals surface area (Å²) in [5, 5.41) is 2.74. The predicted molar refractivity (Wildman–Crippen MR) is 88.9 cm³/mol. The van der Waals surface area contributed by atoms with E-state index in [4.69, 9.17) is 0 Å². The van der Waals surface area contributed by atoms with E-state index in [2.05, 4.69) is 31.2 Å². The van der Waals surface area contributed by atoms with Gasteiger partial charge in [-0.15, -0.1) is 0 Å². The Hall–Kier alpha value is -1.60. The molecule has 0 bridgehead atoms. The number of benzene rings is 1. The van der Waals surface area contributed by atoms with Gasteiger partial charge >= 0.3 is 0 Å². The van der Waals surface area contributed by atoms with Gasteiger partial charge in [0.15, 0.2) is 0 Å². The predicted octanol–water partition coefficient (Wildman–Crippen LogP) is 2.96. The van der Waals surface area contributed by atoms with Gasteiger partial charge in [-0.2, -0.15) is 11.8 Å². The summed E-state index contributed by atoms with van der Waals surface area (Å²) in [6.45, 7) is 1.96. The van der Waals surface area contributed by atoms with Crippen LogP contribution in [-0.2, 0) is 5.75 Å². The number of thioether (sulfide) groups is 1. The Kier molecular flexibility index (Phi) is 5.19. The maximum Gasteiger partial charge on any atom is 0.274 e. The molecule has 0 saturated carbocycles. The number of nitrogens with one attached hydrogen (secondary N) is 2. The molecule has 1 aromatic heterocycles. The molecule has 0 spiro atoms. The van der Waals surface area contributed by atoms with Crippen molar-refractivity contribution in [2.45, 2.75) is 12.7 Å². The number of H-pyrrole nitrogens is 1. The number of amides is 1. The molecule has 1 heterocycles. The number of hydrogen-bond donors (Lipinski definition) is 2. The summed E-state index contributed by atoms with van der Waals surface area (Å²) in [7, 11) is 0. The van der Waals surface area contributed by atoms with Crippen LogP contribution in [0.1, 0.15) is 21.9 Å². The molecule has 0 saturated heterocycles. The molecule has 2 aromatic rings. The Labute approximate surface area is 134 Å². The summed E-state index contributed by atoms with van der Waals surface area (Å²) in [5.41, 5.74) is 1.49. The SMILES string of the molecule is CSCc1nc(C(=O)Nc2ccc(C)cc2Br)cc(=O)[nH]1. The number of aryl methyl sites for hydroxylation is 1. The zero-order valence-corrected chi connectivity index (χ0v) is 14.0. The number of carbonyl (C=O) groups excluding carboxylic acids is 1. The van der Waals surface area contributed by atoms with Crippen LogP contribution in [0.15, 0.2) is 33.5 Å². The number of anilines is 1. The number of halogens is 1. The second kappa shape index (κ2) is 6.91. The van der Waals surface area contributed by atoms with Crippen LogP contribution < -0.4 is 10.9 Å². The van der Waals surface area contributed by atoms with Crippen LogP contribution in [0.3, 0.4) is 0 Å². The van der Waals surface area contributed by atoms with E-state index >= 15 is 0 Å². The zero-order chi connectivity index (χ0) is 15.4. The number of rotatable bonds is 4. The van der Waals surface area contributed by atoms with Gasteiger partial charge in [0.25, 0.3) is 11.5 Å². The normalized spacial score (nSPS) is 10.4. The van der Waals surface area contributed by atoms with E-state index < -0.39 is 5.91 Å². The fraction of sp³-hybridized carbons (Fsp3) is 0.214. The molecule has 0 unspecified atom stereocenters. The van der Waals surface area contributed by atoms with Gasteiger partial charge in [-0.05, 0) is 46.8 Å². The highest BCUT2D eigenvalue weighted by Gasteiger charge is 2.12. The van der Waals surface area contributed by atoms with Crippen LogP contribution >= 0.6 is 27.7 Å². The molecule has 110 valence electrons. The first-order chi connectivity index (χ1) is 9.99. The topological polar surface area (TPSA) is 74.8 Å². The fourth-order valence-electron chi connectivity index (χ4n) is 1.74. The van der Waals surface area contributed by atoms with Gasteiger partial charge in [0, 0.05) is 10.5 Å². The number of nitrogens with zero attached hydrogens (tertiary/aromatic N) is 1. The largest absolute Gasteiger partial charge is 0.320 e. The Bertz CT molecular complexity index is 730. The van der Waals surface area contributed by atoms with Gasteiger partial charge in [-0.25, -0.2) is 4.98 Å². The van der Waals surface area contributed by atoms with Crippen molar-refractivity contribution < 1.29 is 4.79 Å². The molecular weight excluding hydrogens is 354 g/mol. The lowest BCUT2D eigenvalue weighted by Crippen LogP contribution is -2.20. The molecule has 2 N–H and O–H groups in total. The van der Waals surface area contributed by atoms with E-state index in [0.717, 1.165) is 10.0 Å². The minimum Gasteiger partial charge on any atom is -0.320 e. The third-order valence-electron chi connectivity index (χ3n) is 2.68. The minimum atomic E-state index is -0.409. The Morgan fingerprint density at radius 1 is 1.43 bits per heavy atom. The quantitative estimate of drug-likeness (QED) is 0.870. The smallest absolute Gasteiger partial charge is 0.274 e. The van der Waals surface area contributed by atoms with Crippen LogP contribution in [-0.4, -0.2) is 22.1 Å². The second-order valence-electron chi connectivity index (χ2n) is 4.45. The summed E-state index contributed by atoms with van der Waals surface area (Å²) < 4.78 is 0.782. The Balaban J connectivity index is 2.25. The maximum absolute atomic E-state index is 12.2. The number of aromatic nitrogens is 2. The van der Waals surface area contributed by atoms with Crippen molar-refractivity contribution in [3.05, 3.63) is 56.2 Å². The van der Waals surface area contributed by atoms with Crippen molar-refractivity contribution in [3.8, 4) is 0 Å². The Morgan fingerprint density at radius 2 is 2.19 bits per heavy atom. The third-order valence-corrected chi connectivity index (χ3v) is 3.90. The van der Waals surface area contributed by atoms with Crippen molar-refractivity contribution in [3.63, 3.8) is 0 Å². The van der Waals surface area contributed by atoms with Crippen LogP contribution in [0.5, 0.6) is 0 Å². The molecule has 7 heteroatoms. The first kappa shape index (κ1) is 15.8. The first-order valence-corrected chi connectivity index (χ1v) is 8.35. The minimum absolute atomic E-state index is 0.107. The second-order valence-corrected chi connectivity index (χ2v) is 6.17. The van der Waals surface area contributed by atoms with Crippen molar-refractivity contribution in [1.82, 2.24) is 9.97 Å². The molecule has 0 aliphatic carbocycles.